The van der Waals surface area contributed by atoms with E-state index >= 15 is 0 Å². The lowest BCUT2D eigenvalue weighted by Crippen LogP contribution is -2.41. The van der Waals surface area contributed by atoms with Gasteiger partial charge in [0.25, 0.3) is 0 Å². The van der Waals surface area contributed by atoms with E-state index in [2.05, 4.69) is 5.16 Å². The maximum atomic E-state index is 12.9. The third-order valence-corrected chi connectivity index (χ3v) is 3.52. The van der Waals surface area contributed by atoms with Crippen LogP contribution in [-0.4, -0.2) is 27.4 Å². The highest BCUT2D eigenvalue weighted by molar-refractivity contribution is 5.95. The second kappa shape index (κ2) is 6.97. The van der Waals surface area contributed by atoms with Crippen LogP contribution in [0.25, 0.3) is 0 Å². The first-order valence-electron chi connectivity index (χ1n) is 6.79. The molecular formula is C16H16FN2O4+. The van der Waals surface area contributed by atoms with Gasteiger partial charge in [-0.15, -0.1) is 0 Å². The molecule has 0 saturated carbocycles. The molecule has 1 aromatic heterocycles. The summed E-state index contributed by atoms with van der Waals surface area (Å²) >= 11 is 0. The Labute approximate surface area is 131 Å². The molecule has 1 heterocycles. The number of aliphatic hydroxyl groups excluding tert-OH is 1. The number of carbonyl (C=O) groups excluding carboxylic acids is 1. The van der Waals surface area contributed by atoms with E-state index in [4.69, 9.17) is 5.21 Å². The predicted molar refractivity (Wildman–Crippen MR) is 79.1 cm³/mol. The van der Waals surface area contributed by atoms with Gasteiger partial charge >= 0.3 is 0 Å². The van der Waals surface area contributed by atoms with E-state index in [1.54, 1.807) is 6.92 Å². The van der Waals surface area contributed by atoms with E-state index in [-0.39, 0.29) is 23.6 Å². The number of Topliss-reactive ketones (excluding diaryl/α,β-unsaturated/α-hetero) is 1. The quantitative estimate of drug-likeness (QED) is 0.255. The standard InChI is InChI=1S/C16H15FN2O4/c1-10-16(22)14(6-18-23)12(9-20)7-19(10)8-15(21)11-2-4-13(17)5-3-11/h2-7,20,22H,8-9H2,1H3/p+1. The molecule has 2 rings (SSSR count). The number of ketones is 1. The molecule has 0 bridgehead atoms. The molecule has 23 heavy (non-hydrogen) atoms. The molecule has 7 heteroatoms. The molecule has 1 aromatic carbocycles. The zero-order valence-electron chi connectivity index (χ0n) is 12.4. The van der Waals surface area contributed by atoms with E-state index < -0.39 is 12.4 Å². The molecule has 0 saturated heterocycles. The molecule has 0 aliphatic heterocycles. The SMILES string of the molecule is Cc1c(O)c(C=NO)c(CO)c[n+]1CC(=O)c1ccc(F)cc1. The van der Waals surface area contributed by atoms with Crippen molar-refractivity contribution in [2.45, 2.75) is 20.1 Å². The average Bonchev–Trinajstić information content (AvgIpc) is 2.55. The van der Waals surface area contributed by atoms with E-state index in [0.29, 0.717) is 16.8 Å². The van der Waals surface area contributed by atoms with Crippen molar-refractivity contribution in [1.29, 1.82) is 0 Å². The first-order chi connectivity index (χ1) is 11.0. The highest BCUT2D eigenvalue weighted by Gasteiger charge is 2.22. The molecule has 0 atom stereocenters. The molecule has 0 unspecified atom stereocenters. The van der Waals surface area contributed by atoms with E-state index in [1.807, 2.05) is 0 Å². The number of carbonyl (C=O) groups is 1. The van der Waals surface area contributed by atoms with Crippen molar-refractivity contribution in [1.82, 2.24) is 0 Å². The Morgan fingerprint density at radius 2 is 2.00 bits per heavy atom. The van der Waals surface area contributed by atoms with Crippen molar-refractivity contribution in [2.75, 3.05) is 0 Å². The van der Waals surface area contributed by atoms with Gasteiger partial charge in [-0.25, -0.2) is 4.39 Å². The van der Waals surface area contributed by atoms with Crippen LogP contribution in [0.1, 0.15) is 27.2 Å². The van der Waals surface area contributed by atoms with Crippen LogP contribution in [0.3, 0.4) is 0 Å². The summed E-state index contributed by atoms with van der Waals surface area (Å²) in [6, 6.07) is 5.16. The van der Waals surface area contributed by atoms with Gasteiger partial charge in [0.05, 0.1) is 23.9 Å². The third kappa shape index (κ3) is 3.51. The number of nitrogens with zero attached hydrogens (tertiary/aromatic N) is 2. The minimum absolute atomic E-state index is 0.0887. The van der Waals surface area contributed by atoms with Crippen LogP contribution in [0.15, 0.2) is 35.6 Å². The molecule has 0 spiro atoms. The molecule has 6 nitrogen and oxygen atoms in total. The van der Waals surface area contributed by atoms with Crippen molar-refractivity contribution in [3.63, 3.8) is 0 Å². The van der Waals surface area contributed by atoms with Crippen LogP contribution in [0.2, 0.25) is 0 Å². The van der Waals surface area contributed by atoms with Gasteiger partial charge < -0.3 is 15.4 Å². The minimum Gasteiger partial charge on any atom is -0.502 e. The molecule has 0 amide bonds. The van der Waals surface area contributed by atoms with Crippen LogP contribution >= 0.6 is 0 Å². The van der Waals surface area contributed by atoms with Gasteiger partial charge in [-0.05, 0) is 24.3 Å². The minimum atomic E-state index is -0.432. The first kappa shape index (κ1) is 16.6. The monoisotopic (exact) mass is 319 g/mol. The van der Waals surface area contributed by atoms with Gasteiger partial charge in [-0.2, -0.15) is 4.57 Å². The third-order valence-electron chi connectivity index (χ3n) is 3.52. The number of hydrogen-bond acceptors (Lipinski definition) is 5. The highest BCUT2D eigenvalue weighted by Crippen LogP contribution is 2.21. The van der Waals surface area contributed by atoms with Gasteiger partial charge in [-0.1, -0.05) is 5.16 Å². The summed E-state index contributed by atoms with van der Waals surface area (Å²) in [6.45, 7) is 1.09. The van der Waals surface area contributed by atoms with E-state index in [1.165, 1.54) is 35.0 Å². The summed E-state index contributed by atoms with van der Waals surface area (Å²) < 4.78 is 14.4. The Kier molecular flexibility index (Phi) is 5.02. The number of oxime groups is 1. The van der Waals surface area contributed by atoms with Crippen LogP contribution < -0.4 is 4.57 Å². The number of aliphatic hydroxyl groups is 1. The first-order valence-corrected chi connectivity index (χ1v) is 6.79. The van der Waals surface area contributed by atoms with Crippen LogP contribution in [0.4, 0.5) is 4.39 Å². The smallest absolute Gasteiger partial charge is 0.227 e. The predicted octanol–water partition coefficient (Wildman–Crippen LogP) is 1.31. The number of hydrogen-bond donors (Lipinski definition) is 3. The van der Waals surface area contributed by atoms with Gasteiger partial charge in [0.2, 0.25) is 18.0 Å². The Morgan fingerprint density at radius 3 is 2.57 bits per heavy atom. The lowest BCUT2D eigenvalue weighted by Gasteiger charge is -2.08. The second-order valence-electron chi connectivity index (χ2n) is 4.96. The molecule has 120 valence electrons. The van der Waals surface area contributed by atoms with Crippen LogP contribution in [0, 0.1) is 12.7 Å². The largest absolute Gasteiger partial charge is 0.502 e. The van der Waals surface area contributed by atoms with Crippen molar-refractivity contribution >= 4 is 12.0 Å². The Balaban J connectivity index is 2.38. The van der Waals surface area contributed by atoms with Crippen molar-refractivity contribution in [3.8, 4) is 5.75 Å². The van der Waals surface area contributed by atoms with Crippen LogP contribution in [0.5, 0.6) is 5.75 Å². The van der Waals surface area contributed by atoms with Crippen molar-refractivity contribution in [2.24, 2.45) is 5.16 Å². The van der Waals surface area contributed by atoms with Gasteiger partial charge in [-0.3, -0.25) is 4.79 Å². The maximum absolute atomic E-state index is 12.9. The average molecular weight is 319 g/mol. The molecule has 2 aromatic rings. The Bertz CT molecular complexity index is 758. The van der Waals surface area contributed by atoms with Gasteiger partial charge in [0.15, 0.2) is 11.9 Å². The van der Waals surface area contributed by atoms with Crippen LogP contribution in [-0.2, 0) is 13.2 Å². The summed E-state index contributed by atoms with van der Waals surface area (Å²) in [5, 5.41) is 31.0. The normalized spacial score (nSPS) is 11.1. The lowest BCUT2D eigenvalue weighted by molar-refractivity contribution is -0.690. The number of pyridine rings is 1. The topological polar surface area (TPSA) is 94.0 Å². The molecule has 0 aliphatic rings. The van der Waals surface area contributed by atoms with Gasteiger partial charge in [0.1, 0.15) is 5.82 Å². The van der Waals surface area contributed by atoms with Crippen molar-refractivity contribution in [3.05, 3.63) is 58.7 Å². The number of halogens is 1. The molecule has 0 fully saturated rings. The van der Waals surface area contributed by atoms with E-state index in [9.17, 15) is 19.4 Å². The summed E-state index contributed by atoms with van der Waals surface area (Å²) in [7, 11) is 0. The molecule has 0 radical (unpaired) electrons. The molecule has 3 N–H and O–H groups in total. The Morgan fingerprint density at radius 1 is 1.35 bits per heavy atom. The molecular weight excluding hydrogens is 303 g/mol. The van der Waals surface area contributed by atoms with Crippen molar-refractivity contribution < 1.29 is 29.2 Å². The van der Waals surface area contributed by atoms with Gasteiger partial charge in [0, 0.05) is 12.5 Å². The number of benzene rings is 1. The highest BCUT2D eigenvalue weighted by atomic mass is 19.1. The molecule has 0 aliphatic carbocycles. The second-order valence-corrected chi connectivity index (χ2v) is 4.96. The van der Waals surface area contributed by atoms with E-state index in [0.717, 1.165) is 6.21 Å². The maximum Gasteiger partial charge on any atom is 0.227 e. The lowest BCUT2D eigenvalue weighted by atomic mass is 10.1. The number of aromatic hydroxyl groups is 1. The number of rotatable bonds is 5. The zero-order valence-corrected chi connectivity index (χ0v) is 12.4. The zero-order chi connectivity index (χ0) is 17.0. The summed E-state index contributed by atoms with van der Waals surface area (Å²) in [4.78, 5) is 12.2. The Hall–Kier alpha value is -2.80. The summed E-state index contributed by atoms with van der Waals surface area (Å²) in [5.41, 5.74) is 1.19. The fourth-order valence-corrected chi connectivity index (χ4v) is 2.21. The summed E-state index contributed by atoms with van der Waals surface area (Å²) in [5.74, 6) is -0.899. The summed E-state index contributed by atoms with van der Waals surface area (Å²) in [6.07, 6.45) is 2.51. The number of aromatic nitrogens is 1. The fraction of sp³-hybridized carbons (Fsp3) is 0.188. The fourth-order valence-electron chi connectivity index (χ4n) is 2.21.